The first kappa shape index (κ1) is 15.2. The van der Waals surface area contributed by atoms with Gasteiger partial charge in [-0.25, -0.2) is 4.79 Å². The van der Waals surface area contributed by atoms with Crippen LogP contribution in [0.25, 0.3) is 0 Å². The van der Waals surface area contributed by atoms with Gasteiger partial charge in [-0.2, -0.15) is 0 Å². The van der Waals surface area contributed by atoms with Crippen molar-refractivity contribution in [2.75, 3.05) is 5.32 Å². The second-order valence-corrected chi connectivity index (χ2v) is 5.06. The minimum absolute atomic E-state index is 0.137. The number of carboxylic acids is 1. The van der Waals surface area contributed by atoms with Gasteiger partial charge >= 0.3 is 5.97 Å². The zero-order chi connectivity index (χ0) is 14.6. The Morgan fingerprint density at radius 2 is 2.00 bits per heavy atom. The van der Waals surface area contributed by atoms with Crippen LogP contribution in [0.5, 0.6) is 0 Å². The maximum atomic E-state index is 11.9. The van der Waals surface area contributed by atoms with E-state index in [1.807, 2.05) is 13.8 Å². The number of aromatic carboxylic acids is 1. The molecule has 104 valence electrons. The van der Waals surface area contributed by atoms with Crippen LogP contribution in [0.1, 0.15) is 36.2 Å². The molecule has 19 heavy (non-hydrogen) atoms. The van der Waals surface area contributed by atoms with Crippen LogP contribution in [-0.2, 0) is 4.79 Å². The van der Waals surface area contributed by atoms with Crippen molar-refractivity contribution in [1.29, 1.82) is 0 Å². The average molecular weight is 264 g/mol. The number of carboxylic acid groups (broad SMARTS) is 1. The van der Waals surface area contributed by atoms with E-state index >= 15 is 0 Å². The predicted molar refractivity (Wildman–Crippen MR) is 74.2 cm³/mol. The lowest BCUT2D eigenvalue weighted by molar-refractivity contribution is -0.117. The fourth-order valence-electron chi connectivity index (χ4n) is 1.73. The summed E-state index contributed by atoms with van der Waals surface area (Å²) in [5.74, 6) is -0.992. The van der Waals surface area contributed by atoms with Crippen molar-refractivity contribution in [3.05, 3.63) is 29.3 Å². The Hall–Kier alpha value is -1.88. The molecule has 0 spiro atoms. The Labute approximate surface area is 112 Å². The molecule has 0 saturated carbocycles. The quantitative estimate of drug-likeness (QED) is 0.758. The van der Waals surface area contributed by atoms with Gasteiger partial charge in [0.1, 0.15) is 0 Å². The summed E-state index contributed by atoms with van der Waals surface area (Å²) < 4.78 is 0. The van der Waals surface area contributed by atoms with Crippen LogP contribution < -0.4 is 11.1 Å². The van der Waals surface area contributed by atoms with Crippen LogP contribution in [0.2, 0.25) is 0 Å². The van der Waals surface area contributed by atoms with Gasteiger partial charge in [0.15, 0.2) is 0 Å². The lowest BCUT2D eigenvalue weighted by Crippen LogP contribution is -2.36. The maximum Gasteiger partial charge on any atom is 0.335 e. The lowest BCUT2D eigenvalue weighted by atomic mass is 10.0. The number of benzene rings is 1. The van der Waals surface area contributed by atoms with Crippen LogP contribution in [0, 0.1) is 12.8 Å². The second-order valence-electron chi connectivity index (χ2n) is 5.06. The Kier molecular flexibility index (Phi) is 5.06. The van der Waals surface area contributed by atoms with Crippen LogP contribution >= 0.6 is 0 Å². The summed E-state index contributed by atoms with van der Waals surface area (Å²) in [4.78, 5) is 22.8. The molecule has 0 aliphatic carbocycles. The molecule has 0 radical (unpaired) electrons. The Balaban J connectivity index is 2.84. The van der Waals surface area contributed by atoms with Gasteiger partial charge in [0, 0.05) is 5.69 Å². The van der Waals surface area contributed by atoms with Gasteiger partial charge in [0.05, 0.1) is 11.6 Å². The van der Waals surface area contributed by atoms with Gasteiger partial charge in [-0.3, -0.25) is 4.79 Å². The number of nitrogens with one attached hydrogen (secondary N) is 1. The van der Waals surface area contributed by atoms with Crippen LogP contribution in [0.4, 0.5) is 5.69 Å². The molecule has 0 aliphatic rings. The normalized spacial score (nSPS) is 12.3. The lowest BCUT2D eigenvalue weighted by Gasteiger charge is -2.15. The molecule has 5 nitrogen and oxygen atoms in total. The first-order valence-corrected chi connectivity index (χ1v) is 6.21. The Morgan fingerprint density at radius 1 is 1.37 bits per heavy atom. The fraction of sp³-hybridized carbons (Fsp3) is 0.429. The minimum atomic E-state index is -1.03. The van der Waals surface area contributed by atoms with E-state index in [-0.39, 0.29) is 11.5 Å². The average Bonchev–Trinajstić information content (AvgIpc) is 2.30. The molecule has 0 heterocycles. The largest absolute Gasteiger partial charge is 0.478 e. The molecule has 4 N–H and O–H groups in total. The number of carbonyl (C=O) groups excluding carboxylic acids is 1. The van der Waals surface area contributed by atoms with E-state index in [9.17, 15) is 9.59 Å². The van der Waals surface area contributed by atoms with Crippen LogP contribution in [0.3, 0.4) is 0 Å². The summed E-state index contributed by atoms with van der Waals surface area (Å²) in [7, 11) is 0. The SMILES string of the molecule is Cc1ccc(C(=O)O)cc1NC(=O)C(N)CC(C)C. The number of rotatable bonds is 5. The third kappa shape index (κ3) is 4.37. The molecule has 5 heteroatoms. The van der Waals surface area contributed by atoms with E-state index < -0.39 is 12.0 Å². The van der Waals surface area contributed by atoms with E-state index in [0.29, 0.717) is 18.0 Å². The zero-order valence-corrected chi connectivity index (χ0v) is 11.4. The molecule has 1 atom stereocenters. The molecule has 1 rings (SSSR count). The first-order chi connectivity index (χ1) is 8.81. The third-order valence-corrected chi connectivity index (χ3v) is 2.80. The van der Waals surface area contributed by atoms with Crippen molar-refractivity contribution in [3.63, 3.8) is 0 Å². The van der Waals surface area contributed by atoms with Crippen molar-refractivity contribution in [2.45, 2.75) is 33.2 Å². The zero-order valence-electron chi connectivity index (χ0n) is 11.4. The Bertz CT molecular complexity index is 484. The molecule has 0 aliphatic heterocycles. The molecule has 1 amide bonds. The molecule has 0 fully saturated rings. The summed E-state index contributed by atoms with van der Waals surface area (Å²) in [6, 6.07) is 4.01. The molecule has 0 aromatic heterocycles. The van der Waals surface area contributed by atoms with Gasteiger partial charge in [-0.05, 0) is 37.0 Å². The number of hydrogen-bond donors (Lipinski definition) is 3. The molecular formula is C14H20N2O3. The van der Waals surface area contributed by atoms with Crippen molar-refractivity contribution >= 4 is 17.6 Å². The van der Waals surface area contributed by atoms with Gasteiger partial charge < -0.3 is 16.2 Å². The summed E-state index contributed by atoms with van der Waals surface area (Å²) in [6.07, 6.45) is 0.587. The molecule has 1 aromatic carbocycles. The molecule has 1 aromatic rings. The highest BCUT2D eigenvalue weighted by Crippen LogP contribution is 2.17. The highest BCUT2D eigenvalue weighted by molar-refractivity contribution is 5.97. The van der Waals surface area contributed by atoms with Crippen LogP contribution in [0.15, 0.2) is 18.2 Å². The fourth-order valence-corrected chi connectivity index (χ4v) is 1.73. The number of carbonyl (C=O) groups is 2. The maximum absolute atomic E-state index is 11.9. The van der Waals surface area contributed by atoms with E-state index in [2.05, 4.69) is 5.32 Å². The van der Waals surface area contributed by atoms with E-state index in [1.165, 1.54) is 12.1 Å². The number of nitrogens with two attached hydrogens (primary N) is 1. The van der Waals surface area contributed by atoms with Crippen molar-refractivity contribution in [1.82, 2.24) is 0 Å². The van der Waals surface area contributed by atoms with Crippen molar-refractivity contribution in [2.24, 2.45) is 11.7 Å². The summed E-state index contributed by atoms with van der Waals surface area (Å²) in [5, 5.41) is 11.6. The molecule has 0 saturated heterocycles. The third-order valence-electron chi connectivity index (χ3n) is 2.80. The standard InChI is InChI=1S/C14H20N2O3/c1-8(2)6-11(15)13(17)16-12-7-10(14(18)19)5-4-9(12)3/h4-5,7-8,11H,6,15H2,1-3H3,(H,16,17)(H,18,19). The molecule has 1 unspecified atom stereocenters. The van der Waals surface area contributed by atoms with E-state index in [1.54, 1.807) is 13.0 Å². The topological polar surface area (TPSA) is 92.4 Å². The minimum Gasteiger partial charge on any atom is -0.478 e. The Morgan fingerprint density at radius 3 is 2.53 bits per heavy atom. The summed E-state index contributed by atoms with van der Waals surface area (Å²) in [6.45, 7) is 5.78. The summed E-state index contributed by atoms with van der Waals surface area (Å²) in [5.41, 5.74) is 7.21. The van der Waals surface area contributed by atoms with Gasteiger partial charge in [-0.1, -0.05) is 19.9 Å². The van der Waals surface area contributed by atoms with Crippen molar-refractivity contribution < 1.29 is 14.7 Å². The second kappa shape index (κ2) is 6.33. The summed E-state index contributed by atoms with van der Waals surface area (Å²) >= 11 is 0. The molecule has 0 bridgehead atoms. The van der Waals surface area contributed by atoms with Gasteiger partial charge in [0.25, 0.3) is 0 Å². The van der Waals surface area contributed by atoms with Gasteiger partial charge in [-0.15, -0.1) is 0 Å². The monoisotopic (exact) mass is 264 g/mol. The number of aryl methyl sites for hydroxylation is 1. The van der Waals surface area contributed by atoms with E-state index in [4.69, 9.17) is 10.8 Å². The van der Waals surface area contributed by atoms with Crippen molar-refractivity contribution in [3.8, 4) is 0 Å². The highest BCUT2D eigenvalue weighted by Gasteiger charge is 2.16. The molecular weight excluding hydrogens is 244 g/mol. The number of amides is 1. The number of anilines is 1. The smallest absolute Gasteiger partial charge is 0.335 e. The predicted octanol–water partition coefficient (Wildman–Crippen LogP) is 2.01. The van der Waals surface area contributed by atoms with E-state index in [0.717, 1.165) is 5.56 Å². The van der Waals surface area contributed by atoms with Crippen LogP contribution in [-0.4, -0.2) is 23.0 Å². The number of hydrogen-bond acceptors (Lipinski definition) is 3. The first-order valence-electron chi connectivity index (χ1n) is 6.21. The van der Waals surface area contributed by atoms with Gasteiger partial charge in [0.2, 0.25) is 5.91 Å². The highest BCUT2D eigenvalue weighted by atomic mass is 16.4.